The molecule has 4 heteroatoms. The molecule has 4 nitrogen and oxygen atoms in total. The summed E-state index contributed by atoms with van der Waals surface area (Å²) in [5, 5.41) is 0. The number of hydrogen-bond donors (Lipinski definition) is 0. The van der Waals surface area contributed by atoms with Gasteiger partial charge in [0.2, 0.25) is 0 Å². The van der Waals surface area contributed by atoms with Gasteiger partial charge in [0.1, 0.15) is 0 Å². The molecule has 8 atom stereocenters. The maximum Gasteiger partial charge on any atom is 0.175 e. The Balaban J connectivity index is 1.79. The lowest BCUT2D eigenvalue weighted by molar-refractivity contribution is -0.376. The first kappa shape index (κ1) is 7.17. The van der Waals surface area contributed by atoms with Gasteiger partial charge in [0.15, 0.2) is 24.7 Å². The summed E-state index contributed by atoms with van der Waals surface area (Å²) >= 11 is 0. The lowest BCUT2D eigenvalue weighted by atomic mass is 9.86. The normalized spacial score (nSPS) is 76.5. The molecule has 14 heavy (non-hydrogen) atoms. The van der Waals surface area contributed by atoms with Gasteiger partial charge < -0.3 is 18.9 Å². The molecule has 4 heterocycles. The fourth-order valence-electron chi connectivity index (χ4n) is 4.41. The Morgan fingerprint density at radius 1 is 1.00 bits per heavy atom. The number of hydrogen-bond acceptors (Lipinski definition) is 4. The zero-order chi connectivity index (χ0) is 9.08. The highest BCUT2D eigenvalue weighted by Gasteiger charge is 2.76. The van der Waals surface area contributed by atoms with E-state index >= 15 is 0 Å². The van der Waals surface area contributed by atoms with Crippen LogP contribution in [-0.4, -0.2) is 24.7 Å². The van der Waals surface area contributed by atoms with Crippen LogP contribution >= 0.6 is 0 Å². The van der Waals surface area contributed by atoms with Crippen molar-refractivity contribution < 1.29 is 18.9 Å². The first-order valence-corrected chi connectivity index (χ1v) is 5.43. The summed E-state index contributed by atoms with van der Waals surface area (Å²) in [4.78, 5) is 0. The van der Waals surface area contributed by atoms with Crippen LogP contribution in [-0.2, 0) is 18.9 Å². The van der Waals surface area contributed by atoms with E-state index in [9.17, 15) is 0 Å². The van der Waals surface area contributed by atoms with Crippen LogP contribution in [0.2, 0.25) is 0 Å². The largest absolute Gasteiger partial charge is 0.323 e. The molecule has 5 fully saturated rings. The summed E-state index contributed by atoms with van der Waals surface area (Å²) in [5.74, 6) is 1.74. The average molecular weight is 196 g/mol. The van der Waals surface area contributed by atoms with Crippen LogP contribution in [0.5, 0.6) is 0 Å². The van der Waals surface area contributed by atoms with Crippen LogP contribution in [0.15, 0.2) is 0 Å². The van der Waals surface area contributed by atoms with Crippen LogP contribution < -0.4 is 0 Å². The summed E-state index contributed by atoms with van der Waals surface area (Å²) in [5.41, 5.74) is 0. The Kier molecular flexibility index (Phi) is 0.909. The second kappa shape index (κ2) is 1.78. The number of ether oxygens (including phenoxy) is 4. The SMILES string of the molecule is C[C@@]12O[C@H]3O[C@H]4O[C@@H](O1)[C@@H]1[C@H]4C[C@H]3[C@@H]12. The molecular formula is C10H12O4. The van der Waals surface area contributed by atoms with Gasteiger partial charge in [-0.3, -0.25) is 0 Å². The molecular weight excluding hydrogens is 184 g/mol. The Hall–Kier alpha value is -0.160. The summed E-state index contributed by atoms with van der Waals surface area (Å²) in [6, 6.07) is 0. The van der Waals surface area contributed by atoms with E-state index in [-0.39, 0.29) is 18.9 Å². The van der Waals surface area contributed by atoms with Crippen molar-refractivity contribution in [1.29, 1.82) is 0 Å². The fraction of sp³-hybridized carbons (Fsp3) is 1.00. The predicted octanol–water partition coefficient (Wildman–Crippen LogP) is 0.670. The molecule has 0 unspecified atom stereocenters. The molecule has 0 aromatic heterocycles. The van der Waals surface area contributed by atoms with E-state index in [0.29, 0.717) is 23.7 Å². The second-order valence-corrected chi connectivity index (χ2v) is 5.30. The molecule has 76 valence electrons. The Morgan fingerprint density at radius 3 is 2.71 bits per heavy atom. The topological polar surface area (TPSA) is 36.9 Å². The van der Waals surface area contributed by atoms with Crippen LogP contribution in [0.1, 0.15) is 13.3 Å². The summed E-state index contributed by atoms with van der Waals surface area (Å²) < 4.78 is 23.3. The van der Waals surface area contributed by atoms with Gasteiger partial charge in [-0.2, -0.15) is 0 Å². The van der Waals surface area contributed by atoms with Crippen LogP contribution in [0.3, 0.4) is 0 Å². The molecule has 4 aliphatic heterocycles. The van der Waals surface area contributed by atoms with Gasteiger partial charge >= 0.3 is 0 Å². The summed E-state index contributed by atoms with van der Waals surface area (Å²) in [6.45, 7) is 2.04. The smallest absolute Gasteiger partial charge is 0.175 e. The van der Waals surface area contributed by atoms with Gasteiger partial charge in [0.05, 0.1) is 0 Å². The maximum absolute atomic E-state index is 5.87. The van der Waals surface area contributed by atoms with E-state index in [1.54, 1.807) is 0 Å². The molecule has 0 aromatic rings. The highest BCUT2D eigenvalue weighted by molar-refractivity contribution is 5.12. The predicted molar refractivity (Wildman–Crippen MR) is 42.7 cm³/mol. The van der Waals surface area contributed by atoms with Gasteiger partial charge in [0.25, 0.3) is 0 Å². The zero-order valence-electron chi connectivity index (χ0n) is 7.88. The molecule has 1 aliphatic carbocycles. The second-order valence-electron chi connectivity index (χ2n) is 5.30. The first-order chi connectivity index (χ1) is 6.76. The monoisotopic (exact) mass is 196 g/mol. The molecule has 0 spiro atoms. The third kappa shape index (κ3) is 0.518. The van der Waals surface area contributed by atoms with Crippen molar-refractivity contribution in [3.8, 4) is 0 Å². The molecule has 0 aromatic carbocycles. The average Bonchev–Trinajstić information content (AvgIpc) is 2.68. The Morgan fingerprint density at radius 2 is 1.79 bits per heavy atom. The van der Waals surface area contributed by atoms with E-state index in [0.717, 1.165) is 0 Å². The van der Waals surface area contributed by atoms with Crippen molar-refractivity contribution in [3.05, 3.63) is 0 Å². The van der Waals surface area contributed by atoms with Crippen molar-refractivity contribution in [1.82, 2.24) is 0 Å². The Labute approximate surface area is 81.4 Å². The van der Waals surface area contributed by atoms with E-state index in [4.69, 9.17) is 18.9 Å². The van der Waals surface area contributed by atoms with Crippen molar-refractivity contribution in [2.75, 3.05) is 0 Å². The van der Waals surface area contributed by atoms with Gasteiger partial charge in [-0.1, -0.05) is 0 Å². The van der Waals surface area contributed by atoms with Crippen molar-refractivity contribution in [3.63, 3.8) is 0 Å². The molecule has 0 N–H and O–H groups in total. The molecule has 1 saturated carbocycles. The third-order valence-corrected chi connectivity index (χ3v) is 4.77. The zero-order valence-corrected chi connectivity index (χ0v) is 7.88. The van der Waals surface area contributed by atoms with Gasteiger partial charge in [-0.05, 0) is 13.3 Å². The minimum atomic E-state index is -0.426. The molecule has 5 aliphatic rings. The molecule has 0 amide bonds. The van der Waals surface area contributed by atoms with E-state index in [2.05, 4.69) is 0 Å². The quantitative estimate of drug-likeness (QED) is 0.570. The van der Waals surface area contributed by atoms with Crippen LogP contribution in [0, 0.1) is 23.7 Å². The fourth-order valence-corrected chi connectivity index (χ4v) is 4.41. The highest BCUT2D eigenvalue weighted by atomic mass is 16.9. The summed E-state index contributed by atoms with van der Waals surface area (Å²) in [7, 11) is 0. The van der Waals surface area contributed by atoms with Crippen LogP contribution in [0.25, 0.3) is 0 Å². The van der Waals surface area contributed by atoms with Gasteiger partial charge in [0, 0.05) is 23.7 Å². The lowest BCUT2D eigenvalue weighted by Crippen LogP contribution is -2.40. The minimum Gasteiger partial charge on any atom is -0.323 e. The van der Waals surface area contributed by atoms with E-state index < -0.39 is 5.79 Å². The minimum absolute atomic E-state index is 0.0545. The first-order valence-electron chi connectivity index (χ1n) is 5.43. The van der Waals surface area contributed by atoms with Crippen molar-refractivity contribution in [2.45, 2.75) is 38.0 Å². The van der Waals surface area contributed by atoms with E-state index in [1.807, 2.05) is 6.92 Å². The third-order valence-electron chi connectivity index (χ3n) is 4.77. The van der Waals surface area contributed by atoms with Gasteiger partial charge in [-0.25, -0.2) is 0 Å². The Bertz CT molecular complexity index is 326. The lowest BCUT2D eigenvalue weighted by Gasteiger charge is -2.33. The summed E-state index contributed by atoms with van der Waals surface area (Å²) in [6.07, 6.45) is 1.02. The molecule has 4 saturated heterocycles. The van der Waals surface area contributed by atoms with Gasteiger partial charge in [-0.15, -0.1) is 0 Å². The highest BCUT2D eigenvalue weighted by Crippen LogP contribution is 2.68. The molecule has 0 radical (unpaired) electrons. The number of rotatable bonds is 0. The molecule has 5 rings (SSSR count). The van der Waals surface area contributed by atoms with E-state index in [1.165, 1.54) is 6.42 Å². The standard InChI is InChI=1S/C10H12O4/c1-10-6-4-2-3-5(6)9(14-10)12-7(3)11-8(4)13-10/h3-9H,2H2,1H3/t3-,4+,5-,6+,7+,8-,9+,10-/m1/s1. The van der Waals surface area contributed by atoms with Crippen molar-refractivity contribution >= 4 is 0 Å². The van der Waals surface area contributed by atoms with Crippen LogP contribution in [0.4, 0.5) is 0 Å². The maximum atomic E-state index is 5.87. The van der Waals surface area contributed by atoms with Crippen molar-refractivity contribution in [2.24, 2.45) is 23.7 Å². The molecule has 2 bridgehead atoms.